The largest absolute Gasteiger partial charge is 0.385 e. The van der Waals surface area contributed by atoms with Crippen LogP contribution in [0, 0.1) is 11.9 Å². The predicted octanol–water partition coefficient (Wildman–Crippen LogP) is -0.761. The van der Waals surface area contributed by atoms with Crippen LogP contribution >= 0.6 is 0 Å². The van der Waals surface area contributed by atoms with Crippen LogP contribution in [-0.4, -0.2) is 27.2 Å². The molecule has 1 aromatic rings. The number of carbonyl (C=O) groups is 1. The third-order valence-electron chi connectivity index (χ3n) is 1.72. The molecule has 0 aromatic carbocycles. The second-order valence-electron chi connectivity index (χ2n) is 2.84. The number of hydrogen-bond donors (Lipinski definition) is 3. The third-order valence-corrected chi connectivity index (χ3v) is 1.72. The number of rotatable bonds is 3. The Bertz CT molecular complexity index is 366. The van der Waals surface area contributed by atoms with Gasteiger partial charge in [0.05, 0.1) is 0 Å². The van der Waals surface area contributed by atoms with Crippen molar-refractivity contribution in [1.82, 2.24) is 4.98 Å². The van der Waals surface area contributed by atoms with E-state index in [1.807, 2.05) is 0 Å². The summed E-state index contributed by atoms with van der Waals surface area (Å²) in [5.74, 6) is -3.53. The first-order chi connectivity index (χ1) is 6.91. The number of nitrogens with two attached hydrogens (primary N) is 1. The summed E-state index contributed by atoms with van der Waals surface area (Å²) in [6.45, 7) is 0. The molecule has 82 valence electrons. The summed E-state index contributed by atoms with van der Waals surface area (Å²) < 4.78 is 25.2. The monoisotopic (exact) mass is 218 g/mol. The first kappa shape index (κ1) is 11.5. The van der Waals surface area contributed by atoms with Crippen LogP contribution in [0.4, 0.5) is 8.78 Å². The highest BCUT2D eigenvalue weighted by Crippen LogP contribution is 2.17. The number of aliphatic hydroxyl groups excluding tert-OH is 2. The summed E-state index contributed by atoms with van der Waals surface area (Å²) in [4.78, 5) is 13.3. The van der Waals surface area contributed by atoms with Gasteiger partial charge in [0.25, 0.3) is 0 Å². The van der Waals surface area contributed by atoms with E-state index >= 15 is 0 Å². The Balaban J connectivity index is 3.00. The first-order valence-corrected chi connectivity index (χ1v) is 3.90. The molecule has 2 unspecified atom stereocenters. The molecule has 15 heavy (non-hydrogen) atoms. The number of nitrogens with zero attached hydrogens (tertiary/aromatic N) is 1. The third kappa shape index (κ3) is 2.67. The molecule has 2 atom stereocenters. The lowest BCUT2D eigenvalue weighted by Gasteiger charge is -2.14. The summed E-state index contributed by atoms with van der Waals surface area (Å²) in [6.07, 6.45) is -3.71. The number of pyridine rings is 1. The first-order valence-electron chi connectivity index (χ1n) is 3.90. The van der Waals surface area contributed by atoms with E-state index in [1.165, 1.54) is 0 Å². The molecule has 1 heterocycles. The fraction of sp³-hybridized carbons (Fsp3) is 0.250. The van der Waals surface area contributed by atoms with E-state index in [1.54, 1.807) is 0 Å². The zero-order chi connectivity index (χ0) is 11.6. The lowest BCUT2D eigenvalue weighted by molar-refractivity contribution is -0.132. The molecule has 0 aliphatic rings. The lowest BCUT2D eigenvalue weighted by Crippen LogP contribution is -2.34. The highest BCUT2D eigenvalue weighted by molar-refractivity contribution is 5.79. The Morgan fingerprint density at radius 2 is 1.80 bits per heavy atom. The minimum atomic E-state index is -1.92. The van der Waals surface area contributed by atoms with Crippen LogP contribution in [0.3, 0.4) is 0 Å². The van der Waals surface area contributed by atoms with Crippen molar-refractivity contribution in [3.8, 4) is 0 Å². The minimum Gasteiger partial charge on any atom is -0.385 e. The summed E-state index contributed by atoms with van der Waals surface area (Å²) >= 11 is 0. The highest BCUT2D eigenvalue weighted by Gasteiger charge is 2.24. The molecule has 4 N–H and O–H groups in total. The van der Waals surface area contributed by atoms with Gasteiger partial charge in [0.15, 0.2) is 6.10 Å². The van der Waals surface area contributed by atoms with Gasteiger partial charge >= 0.3 is 0 Å². The van der Waals surface area contributed by atoms with Gasteiger partial charge in [-0.2, -0.15) is 13.8 Å². The van der Waals surface area contributed by atoms with Gasteiger partial charge < -0.3 is 15.9 Å². The predicted molar refractivity (Wildman–Crippen MR) is 44.3 cm³/mol. The molecule has 0 bridgehead atoms. The van der Waals surface area contributed by atoms with Crippen molar-refractivity contribution in [2.45, 2.75) is 12.2 Å². The average Bonchev–Trinajstić information content (AvgIpc) is 2.13. The molecule has 5 nitrogen and oxygen atoms in total. The van der Waals surface area contributed by atoms with E-state index in [9.17, 15) is 18.7 Å². The highest BCUT2D eigenvalue weighted by atomic mass is 19.1. The van der Waals surface area contributed by atoms with E-state index in [0.29, 0.717) is 12.1 Å². The fourth-order valence-electron chi connectivity index (χ4n) is 0.992. The molecule has 0 spiro atoms. The SMILES string of the molecule is NC(=O)C(O)C(O)c1cc(F)nc(F)c1. The molecular weight excluding hydrogens is 210 g/mol. The van der Waals surface area contributed by atoms with Crippen LogP contribution in [-0.2, 0) is 4.79 Å². The maximum atomic E-state index is 12.6. The van der Waals surface area contributed by atoms with E-state index in [4.69, 9.17) is 10.8 Å². The number of aromatic nitrogens is 1. The topological polar surface area (TPSA) is 96.4 Å². The Morgan fingerprint density at radius 3 is 2.20 bits per heavy atom. The van der Waals surface area contributed by atoms with Crippen molar-refractivity contribution >= 4 is 5.91 Å². The number of carbonyl (C=O) groups excluding carboxylic acids is 1. The zero-order valence-corrected chi connectivity index (χ0v) is 7.39. The van der Waals surface area contributed by atoms with Crippen LogP contribution < -0.4 is 5.73 Å². The van der Waals surface area contributed by atoms with E-state index < -0.39 is 30.0 Å². The summed E-state index contributed by atoms with van der Waals surface area (Å²) in [7, 11) is 0. The average molecular weight is 218 g/mol. The van der Waals surface area contributed by atoms with Crippen molar-refractivity contribution in [1.29, 1.82) is 0 Å². The molecule has 0 saturated carbocycles. The summed E-state index contributed by atoms with van der Waals surface area (Å²) in [5, 5.41) is 18.3. The van der Waals surface area contributed by atoms with Gasteiger partial charge in [-0.05, 0) is 17.7 Å². The second kappa shape index (κ2) is 4.28. The number of aliphatic hydroxyl groups is 2. The Labute approximate surface area is 83.2 Å². The van der Waals surface area contributed by atoms with Gasteiger partial charge in [0.2, 0.25) is 17.8 Å². The smallest absolute Gasteiger partial charge is 0.249 e. The minimum absolute atomic E-state index is 0.314. The van der Waals surface area contributed by atoms with Crippen LogP contribution in [0.5, 0.6) is 0 Å². The maximum absolute atomic E-state index is 12.6. The quantitative estimate of drug-likeness (QED) is 0.581. The number of amides is 1. The van der Waals surface area contributed by atoms with Gasteiger partial charge in [-0.15, -0.1) is 0 Å². The molecule has 0 fully saturated rings. The van der Waals surface area contributed by atoms with E-state index in [0.717, 1.165) is 0 Å². The Hall–Kier alpha value is -1.60. The maximum Gasteiger partial charge on any atom is 0.249 e. The fourth-order valence-corrected chi connectivity index (χ4v) is 0.992. The molecule has 1 aromatic heterocycles. The number of primary amides is 1. The van der Waals surface area contributed by atoms with Gasteiger partial charge in [0, 0.05) is 0 Å². The van der Waals surface area contributed by atoms with Crippen molar-refractivity contribution < 1.29 is 23.8 Å². The van der Waals surface area contributed by atoms with Gasteiger partial charge in [-0.25, -0.2) is 0 Å². The number of halogens is 2. The second-order valence-corrected chi connectivity index (χ2v) is 2.84. The molecule has 0 saturated heterocycles. The van der Waals surface area contributed by atoms with Crippen LogP contribution in [0.1, 0.15) is 11.7 Å². The Morgan fingerprint density at radius 1 is 1.33 bits per heavy atom. The molecule has 1 rings (SSSR count). The van der Waals surface area contributed by atoms with Crippen LogP contribution in [0.15, 0.2) is 12.1 Å². The molecule has 7 heteroatoms. The van der Waals surface area contributed by atoms with Crippen LogP contribution in [0.2, 0.25) is 0 Å². The standard InChI is InChI=1S/C8H8F2N2O3/c9-4-1-3(2-5(10)12-4)6(13)7(14)8(11)15/h1-2,6-7,13-14H,(H2,11,15). The van der Waals surface area contributed by atoms with Gasteiger partial charge in [0.1, 0.15) is 6.10 Å². The zero-order valence-electron chi connectivity index (χ0n) is 7.39. The summed E-state index contributed by atoms with van der Waals surface area (Å²) in [5.41, 5.74) is 4.38. The van der Waals surface area contributed by atoms with Crippen molar-refractivity contribution in [3.63, 3.8) is 0 Å². The Kier molecular flexibility index (Phi) is 3.28. The molecule has 0 aliphatic heterocycles. The van der Waals surface area contributed by atoms with Crippen molar-refractivity contribution in [3.05, 3.63) is 29.6 Å². The van der Waals surface area contributed by atoms with Crippen molar-refractivity contribution in [2.24, 2.45) is 5.73 Å². The normalized spacial score (nSPS) is 14.7. The summed E-state index contributed by atoms with van der Waals surface area (Å²) in [6, 6.07) is 1.39. The molecule has 1 amide bonds. The van der Waals surface area contributed by atoms with E-state index in [2.05, 4.69) is 4.98 Å². The molecule has 0 radical (unpaired) electrons. The molecule has 0 aliphatic carbocycles. The van der Waals surface area contributed by atoms with Gasteiger partial charge in [-0.3, -0.25) is 4.79 Å². The number of hydrogen-bond acceptors (Lipinski definition) is 4. The van der Waals surface area contributed by atoms with Crippen molar-refractivity contribution in [2.75, 3.05) is 0 Å². The lowest BCUT2D eigenvalue weighted by atomic mass is 10.1. The van der Waals surface area contributed by atoms with Gasteiger partial charge in [-0.1, -0.05) is 0 Å². The molecular formula is C8H8F2N2O3. The van der Waals surface area contributed by atoms with E-state index in [-0.39, 0.29) is 5.56 Å². The van der Waals surface area contributed by atoms with Crippen LogP contribution in [0.25, 0.3) is 0 Å².